The Morgan fingerprint density at radius 1 is 1.31 bits per heavy atom. The normalized spacial score (nSPS) is 13.2. The van der Waals surface area contributed by atoms with Gasteiger partial charge in [0, 0.05) is 24.2 Å². The number of ether oxygens (including phenoxy) is 1. The van der Waals surface area contributed by atoms with Gasteiger partial charge in [0.15, 0.2) is 0 Å². The summed E-state index contributed by atoms with van der Waals surface area (Å²) < 4.78 is 5.43. The molecule has 3 heteroatoms. The van der Waals surface area contributed by atoms with Crippen LogP contribution in [0.2, 0.25) is 0 Å². The van der Waals surface area contributed by atoms with E-state index in [1.54, 1.807) is 0 Å². The fourth-order valence-electron chi connectivity index (χ4n) is 0.819. The van der Waals surface area contributed by atoms with Crippen LogP contribution in [0, 0.1) is 0 Å². The van der Waals surface area contributed by atoms with Crippen LogP contribution in [0.3, 0.4) is 0 Å². The molecule has 0 aromatic rings. The molecule has 0 aliphatic carbocycles. The minimum atomic E-state index is 0.362. The minimum absolute atomic E-state index is 0.362. The van der Waals surface area contributed by atoms with E-state index in [1.165, 1.54) is 12.8 Å². The third-order valence-electron chi connectivity index (χ3n) is 1.87. The molecule has 0 aromatic heterocycles. The number of nitrogens with two attached hydrogens (primary N) is 1. The predicted molar refractivity (Wildman–Crippen MR) is 61.3 cm³/mol. The third-order valence-corrected chi connectivity index (χ3v) is 2.99. The van der Waals surface area contributed by atoms with Crippen molar-refractivity contribution < 1.29 is 4.74 Å². The van der Waals surface area contributed by atoms with Gasteiger partial charge in [-0.1, -0.05) is 20.3 Å². The van der Waals surface area contributed by atoms with Crippen LogP contribution < -0.4 is 5.73 Å². The van der Waals surface area contributed by atoms with Gasteiger partial charge in [-0.2, -0.15) is 11.8 Å². The lowest BCUT2D eigenvalue weighted by Gasteiger charge is -2.07. The summed E-state index contributed by atoms with van der Waals surface area (Å²) >= 11 is 1.89. The molecule has 0 saturated carbocycles. The Morgan fingerprint density at radius 2 is 2.08 bits per heavy atom. The quantitative estimate of drug-likeness (QED) is 0.587. The zero-order valence-corrected chi connectivity index (χ0v) is 9.74. The van der Waals surface area contributed by atoms with Gasteiger partial charge in [-0.05, 0) is 12.8 Å². The van der Waals surface area contributed by atoms with E-state index in [0.29, 0.717) is 6.04 Å². The smallest absolute Gasteiger partial charge is 0.0556 e. The molecule has 1 unspecified atom stereocenters. The van der Waals surface area contributed by atoms with E-state index in [1.807, 2.05) is 11.8 Å². The highest BCUT2D eigenvalue weighted by Crippen LogP contribution is 2.03. The van der Waals surface area contributed by atoms with Gasteiger partial charge in [0.05, 0.1) is 6.61 Å². The molecule has 0 radical (unpaired) electrons. The van der Waals surface area contributed by atoms with E-state index in [4.69, 9.17) is 10.5 Å². The number of thioether (sulfide) groups is 1. The van der Waals surface area contributed by atoms with E-state index in [0.717, 1.165) is 31.1 Å². The van der Waals surface area contributed by atoms with Gasteiger partial charge in [-0.15, -0.1) is 0 Å². The Kier molecular flexibility index (Phi) is 10.6. The van der Waals surface area contributed by atoms with Gasteiger partial charge < -0.3 is 10.5 Å². The van der Waals surface area contributed by atoms with Crippen molar-refractivity contribution in [2.24, 2.45) is 5.73 Å². The Labute approximate surface area is 86.6 Å². The summed E-state index contributed by atoms with van der Waals surface area (Å²) in [5, 5.41) is 0. The van der Waals surface area contributed by atoms with Gasteiger partial charge in [0.25, 0.3) is 0 Å². The molecule has 0 aliphatic heterocycles. The van der Waals surface area contributed by atoms with Gasteiger partial charge in [-0.25, -0.2) is 0 Å². The van der Waals surface area contributed by atoms with Crippen LogP contribution in [0.1, 0.15) is 33.1 Å². The van der Waals surface area contributed by atoms with Crippen molar-refractivity contribution in [3.05, 3.63) is 0 Å². The summed E-state index contributed by atoms with van der Waals surface area (Å²) in [5.41, 5.74) is 5.77. The lowest BCUT2D eigenvalue weighted by Crippen LogP contribution is -2.21. The molecule has 0 spiro atoms. The second kappa shape index (κ2) is 10.4. The van der Waals surface area contributed by atoms with Crippen LogP contribution in [-0.2, 0) is 4.74 Å². The van der Waals surface area contributed by atoms with Crippen LogP contribution in [-0.4, -0.2) is 30.8 Å². The average Bonchev–Trinajstić information content (AvgIpc) is 2.16. The van der Waals surface area contributed by atoms with Crippen LogP contribution in [0.5, 0.6) is 0 Å². The molecule has 0 bridgehead atoms. The highest BCUT2D eigenvalue weighted by Gasteiger charge is 1.97. The van der Waals surface area contributed by atoms with Crippen molar-refractivity contribution in [2.45, 2.75) is 39.2 Å². The van der Waals surface area contributed by atoms with E-state index < -0.39 is 0 Å². The first kappa shape index (κ1) is 13.3. The second-order valence-electron chi connectivity index (χ2n) is 3.21. The van der Waals surface area contributed by atoms with Crippen molar-refractivity contribution in [1.29, 1.82) is 0 Å². The molecule has 0 fully saturated rings. The fraction of sp³-hybridized carbons (Fsp3) is 1.00. The molecular formula is C10H23NOS. The minimum Gasteiger partial charge on any atom is -0.381 e. The first-order valence-corrected chi connectivity index (χ1v) is 6.37. The predicted octanol–water partition coefficient (Wildman–Crippen LogP) is 2.27. The van der Waals surface area contributed by atoms with Crippen molar-refractivity contribution in [3.8, 4) is 0 Å². The summed E-state index contributed by atoms with van der Waals surface area (Å²) in [6.07, 6.45) is 3.47. The van der Waals surface area contributed by atoms with Crippen LogP contribution >= 0.6 is 11.8 Å². The maximum atomic E-state index is 5.77. The largest absolute Gasteiger partial charge is 0.381 e. The molecule has 0 aliphatic rings. The highest BCUT2D eigenvalue weighted by molar-refractivity contribution is 7.99. The molecule has 0 aromatic carbocycles. The fourth-order valence-corrected chi connectivity index (χ4v) is 1.76. The molecule has 2 N–H and O–H groups in total. The first-order chi connectivity index (χ1) is 6.31. The summed E-state index contributed by atoms with van der Waals surface area (Å²) in [5.74, 6) is 2.14. The monoisotopic (exact) mass is 205 g/mol. The summed E-state index contributed by atoms with van der Waals surface area (Å²) in [7, 11) is 0. The summed E-state index contributed by atoms with van der Waals surface area (Å²) in [6, 6.07) is 0.362. The van der Waals surface area contributed by atoms with Crippen LogP contribution in [0.4, 0.5) is 0 Å². The van der Waals surface area contributed by atoms with Gasteiger partial charge >= 0.3 is 0 Å². The molecule has 0 saturated heterocycles. The first-order valence-electron chi connectivity index (χ1n) is 5.22. The molecule has 2 nitrogen and oxygen atoms in total. The zero-order chi connectivity index (χ0) is 9.94. The molecule has 0 rings (SSSR count). The number of hydrogen-bond donors (Lipinski definition) is 1. The maximum absolute atomic E-state index is 5.77. The van der Waals surface area contributed by atoms with Crippen LogP contribution in [0.25, 0.3) is 0 Å². The van der Waals surface area contributed by atoms with E-state index >= 15 is 0 Å². The molecule has 80 valence electrons. The average molecular weight is 205 g/mol. The van der Waals surface area contributed by atoms with Gasteiger partial charge in [0.2, 0.25) is 0 Å². The second-order valence-corrected chi connectivity index (χ2v) is 4.36. The molecule has 0 heterocycles. The van der Waals surface area contributed by atoms with E-state index in [9.17, 15) is 0 Å². The molecule has 0 amide bonds. The van der Waals surface area contributed by atoms with Crippen LogP contribution in [0.15, 0.2) is 0 Å². The Balaban J connectivity index is 2.91. The van der Waals surface area contributed by atoms with Gasteiger partial charge in [0.1, 0.15) is 0 Å². The molecule has 1 atom stereocenters. The zero-order valence-electron chi connectivity index (χ0n) is 8.92. The number of rotatable bonds is 9. The van der Waals surface area contributed by atoms with Gasteiger partial charge in [-0.3, -0.25) is 0 Å². The van der Waals surface area contributed by atoms with Crippen molar-refractivity contribution in [1.82, 2.24) is 0 Å². The van der Waals surface area contributed by atoms with E-state index in [2.05, 4.69) is 13.8 Å². The standard InChI is InChI=1S/C10H23NOS/c1-3-5-6-12-7-8-13-9-10(11)4-2/h10H,3-9,11H2,1-2H3. The maximum Gasteiger partial charge on any atom is 0.0556 e. The number of hydrogen-bond acceptors (Lipinski definition) is 3. The van der Waals surface area contributed by atoms with Crippen molar-refractivity contribution >= 4 is 11.8 Å². The Bertz CT molecular complexity index is 101. The van der Waals surface area contributed by atoms with Crippen molar-refractivity contribution in [3.63, 3.8) is 0 Å². The topological polar surface area (TPSA) is 35.2 Å². The molecular weight excluding hydrogens is 182 g/mol. The number of unbranched alkanes of at least 4 members (excludes halogenated alkanes) is 1. The Morgan fingerprint density at radius 3 is 2.69 bits per heavy atom. The lowest BCUT2D eigenvalue weighted by atomic mass is 10.3. The SMILES string of the molecule is CCCCOCCSCC(N)CC. The highest BCUT2D eigenvalue weighted by atomic mass is 32.2. The lowest BCUT2D eigenvalue weighted by molar-refractivity contribution is 0.147. The van der Waals surface area contributed by atoms with Crippen molar-refractivity contribution in [2.75, 3.05) is 24.7 Å². The Hall–Kier alpha value is 0.270. The summed E-state index contributed by atoms with van der Waals surface area (Å²) in [4.78, 5) is 0. The summed E-state index contributed by atoms with van der Waals surface area (Å²) in [6.45, 7) is 6.10. The molecule has 13 heavy (non-hydrogen) atoms. The third kappa shape index (κ3) is 10.2. The van der Waals surface area contributed by atoms with E-state index in [-0.39, 0.29) is 0 Å².